The van der Waals surface area contributed by atoms with E-state index in [0.29, 0.717) is 22.6 Å². The van der Waals surface area contributed by atoms with E-state index >= 15 is 0 Å². The molecule has 0 atom stereocenters. The summed E-state index contributed by atoms with van der Waals surface area (Å²) in [4.78, 5) is 18.9. The van der Waals surface area contributed by atoms with Crippen LogP contribution in [0.25, 0.3) is 22.6 Å². The van der Waals surface area contributed by atoms with E-state index in [0.717, 1.165) is 5.56 Å². The molecule has 0 aliphatic carbocycles. The van der Waals surface area contributed by atoms with Gasteiger partial charge in [0.2, 0.25) is 0 Å². The van der Waals surface area contributed by atoms with Gasteiger partial charge in [0.15, 0.2) is 0 Å². The molecule has 0 radical (unpaired) electrons. The van der Waals surface area contributed by atoms with Crippen molar-refractivity contribution in [1.29, 1.82) is 0 Å². The third-order valence-electron chi connectivity index (χ3n) is 3.17. The Balaban J connectivity index is 2.13. The van der Waals surface area contributed by atoms with Crippen LogP contribution in [0.3, 0.4) is 0 Å². The van der Waals surface area contributed by atoms with Gasteiger partial charge in [0.25, 0.3) is 5.56 Å². The first-order valence-corrected chi connectivity index (χ1v) is 6.40. The SMILES string of the molecule is Cc1cc(-c2nc(-c3cnn(C)c3)cc(=O)[nH]2)ccc1F. The molecule has 0 saturated heterocycles. The summed E-state index contributed by atoms with van der Waals surface area (Å²) in [5.41, 5.74) is 2.19. The molecule has 0 bridgehead atoms. The fraction of sp³-hybridized carbons (Fsp3) is 0.133. The van der Waals surface area contributed by atoms with E-state index in [-0.39, 0.29) is 11.4 Å². The second-order valence-corrected chi connectivity index (χ2v) is 4.85. The van der Waals surface area contributed by atoms with Crippen molar-refractivity contribution in [3.05, 3.63) is 58.4 Å². The van der Waals surface area contributed by atoms with Gasteiger partial charge in [-0.3, -0.25) is 9.48 Å². The lowest BCUT2D eigenvalue weighted by Gasteiger charge is -2.05. The van der Waals surface area contributed by atoms with Crippen LogP contribution in [0.4, 0.5) is 4.39 Å². The number of nitrogens with zero attached hydrogens (tertiary/aromatic N) is 3. The molecule has 0 spiro atoms. The zero-order valence-electron chi connectivity index (χ0n) is 11.6. The largest absolute Gasteiger partial charge is 0.306 e. The van der Waals surface area contributed by atoms with Crippen LogP contribution in [0.1, 0.15) is 5.56 Å². The van der Waals surface area contributed by atoms with Crippen molar-refractivity contribution in [3.8, 4) is 22.6 Å². The molecule has 2 heterocycles. The number of aryl methyl sites for hydroxylation is 2. The lowest BCUT2D eigenvalue weighted by atomic mass is 10.1. The quantitative estimate of drug-likeness (QED) is 0.785. The number of aromatic amines is 1. The molecule has 1 N–H and O–H groups in total. The number of halogens is 1. The van der Waals surface area contributed by atoms with Crippen LogP contribution in [0.15, 0.2) is 41.5 Å². The van der Waals surface area contributed by atoms with E-state index in [9.17, 15) is 9.18 Å². The normalized spacial score (nSPS) is 10.8. The minimum absolute atomic E-state index is 0.263. The van der Waals surface area contributed by atoms with E-state index in [4.69, 9.17) is 0 Å². The average molecular weight is 284 g/mol. The molecule has 0 unspecified atom stereocenters. The van der Waals surface area contributed by atoms with Crippen molar-refractivity contribution in [2.45, 2.75) is 6.92 Å². The summed E-state index contributed by atoms with van der Waals surface area (Å²) >= 11 is 0. The van der Waals surface area contributed by atoms with Gasteiger partial charge in [-0.2, -0.15) is 5.10 Å². The topological polar surface area (TPSA) is 63.6 Å². The van der Waals surface area contributed by atoms with Gasteiger partial charge >= 0.3 is 0 Å². The van der Waals surface area contributed by atoms with Gasteiger partial charge < -0.3 is 4.98 Å². The molecule has 0 amide bonds. The summed E-state index contributed by atoms with van der Waals surface area (Å²) in [6.07, 6.45) is 3.42. The third kappa shape index (κ3) is 2.60. The van der Waals surface area contributed by atoms with E-state index < -0.39 is 0 Å². The smallest absolute Gasteiger partial charge is 0.251 e. The molecule has 0 fully saturated rings. The number of aromatic nitrogens is 4. The Labute approximate surface area is 120 Å². The maximum absolute atomic E-state index is 13.3. The lowest BCUT2D eigenvalue weighted by Crippen LogP contribution is -2.08. The molecule has 106 valence electrons. The lowest BCUT2D eigenvalue weighted by molar-refractivity contribution is 0.618. The molecular formula is C15H13FN4O. The van der Waals surface area contributed by atoms with Crippen molar-refractivity contribution in [2.24, 2.45) is 7.05 Å². The van der Waals surface area contributed by atoms with E-state index in [1.165, 1.54) is 12.1 Å². The summed E-state index contributed by atoms with van der Waals surface area (Å²) in [7, 11) is 1.79. The van der Waals surface area contributed by atoms with Crippen LogP contribution in [0.5, 0.6) is 0 Å². The molecule has 0 saturated carbocycles. The van der Waals surface area contributed by atoms with Crippen LogP contribution in [0, 0.1) is 12.7 Å². The molecule has 3 aromatic rings. The fourth-order valence-electron chi connectivity index (χ4n) is 2.09. The highest BCUT2D eigenvalue weighted by Crippen LogP contribution is 2.20. The summed E-state index contributed by atoms with van der Waals surface area (Å²) in [6, 6.07) is 6.02. The van der Waals surface area contributed by atoms with Crippen molar-refractivity contribution in [1.82, 2.24) is 19.7 Å². The third-order valence-corrected chi connectivity index (χ3v) is 3.17. The summed E-state index contributed by atoms with van der Waals surface area (Å²) in [5, 5.41) is 4.07. The molecule has 21 heavy (non-hydrogen) atoms. The number of benzene rings is 1. The second kappa shape index (κ2) is 4.97. The molecular weight excluding hydrogens is 271 g/mol. The number of H-pyrrole nitrogens is 1. The van der Waals surface area contributed by atoms with Gasteiger partial charge in [-0.1, -0.05) is 0 Å². The van der Waals surface area contributed by atoms with Gasteiger partial charge in [-0.15, -0.1) is 0 Å². The Bertz CT molecular complexity index is 866. The van der Waals surface area contributed by atoms with Gasteiger partial charge in [0.1, 0.15) is 11.6 Å². The zero-order valence-corrected chi connectivity index (χ0v) is 11.6. The van der Waals surface area contributed by atoms with Crippen LogP contribution in [-0.2, 0) is 7.05 Å². The highest BCUT2D eigenvalue weighted by molar-refractivity contribution is 5.62. The molecule has 5 nitrogen and oxygen atoms in total. The fourth-order valence-corrected chi connectivity index (χ4v) is 2.09. The number of hydrogen-bond donors (Lipinski definition) is 1. The van der Waals surface area contributed by atoms with Gasteiger partial charge in [-0.25, -0.2) is 9.37 Å². The summed E-state index contributed by atoms with van der Waals surface area (Å²) < 4.78 is 15.0. The van der Waals surface area contributed by atoms with Crippen LogP contribution in [0.2, 0.25) is 0 Å². The summed E-state index contributed by atoms with van der Waals surface area (Å²) in [6.45, 7) is 1.67. The van der Waals surface area contributed by atoms with Gasteiger partial charge in [0.05, 0.1) is 11.9 Å². The highest BCUT2D eigenvalue weighted by atomic mass is 19.1. The Kier molecular flexibility index (Phi) is 3.13. The highest BCUT2D eigenvalue weighted by Gasteiger charge is 2.09. The standard InChI is InChI=1S/C15H13FN4O/c1-9-5-10(3-4-12(9)16)15-18-13(6-14(21)19-15)11-7-17-20(2)8-11/h3-8H,1-2H3,(H,18,19,21). The molecule has 3 rings (SSSR count). The van der Waals surface area contributed by atoms with Gasteiger partial charge in [-0.05, 0) is 30.7 Å². The van der Waals surface area contributed by atoms with Crippen LogP contribution < -0.4 is 5.56 Å². The first-order chi connectivity index (χ1) is 10.0. The number of hydrogen-bond acceptors (Lipinski definition) is 3. The van der Waals surface area contributed by atoms with Crippen LogP contribution >= 0.6 is 0 Å². The van der Waals surface area contributed by atoms with E-state index in [1.807, 2.05) is 0 Å². The monoisotopic (exact) mass is 284 g/mol. The van der Waals surface area contributed by atoms with Crippen molar-refractivity contribution in [2.75, 3.05) is 0 Å². The number of rotatable bonds is 2. The molecule has 2 aromatic heterocycles. The predicted molar refractivity (Wildman–Crippen MR) is 77.2 cm³/mol. The summed E-state index contributed by atoms with van der Waals surface area (Å²) in [5.74, 6) is 0.119. The van der Waals surface area contributed by atoms with Gasteiger partial charge in [0, 0.05) is 30.4 Å². The molecule has 0 aliphatic rings. The minimum atomic E-state index is -0.287. The minimum Gasteiger partial charge on any atom is -0.306 e. The van der Waals surface area contributed by atoms with E-state index in [1.54, 1.807) is 43.2 Å². The molecule has 1 aromatic carbocycles. The first-order valence-electron chi connectivity index (χ1n) is 6.40. The zero-order chi connectivity index (χ0) is 15.0. The Morgan fingerprint density at radius 1 is 1.24 bits per heavy atom. The van der Waals surface area contributed by atoms with E-state index in [2.05, 4.69) is 15.1 Å². The first kappa shape index (κ1) is 13.2. The Hall–Kier alpha value is -2.76. The number of nitrogens with one attached hydrogen (secondary N) is 1. The predicted octanol–water partition coefficient (Wildman–Crippen LogP) is 2.28. The maximum atomic E-state index is 13.3. The molecule has 0 aliphatic heterocycles. The maximum Gasteiger partial charge on any atom is 0.251 e. The van der Waals surface area contributed by atoms with Crippen LogP contribution in [-0.4, -0.2) is 19.7 Å². The van der Waals surface area contributed by atoms with Crippen molar-refractivity contribution >= 4 is 0 Å². The Morgan fingerprint density at radius 3 is 2.71 bits per heavy atom. The molecule has 6 heteroatoms. The average Bonchev–Trinajstić information content (AvgIpc) is 2.88. The second-order valence-electron chi connectivity index (χ2n) is 4.85. The van der Waals surface area contributed by atoms with Crippen molar-refractivity contribution in [3.63, 3.8) is 0 Å². The van der Waals surface area contributed by atoms with Crippen molar-refractivity contribution < 1.29 is 4.39 Å². The Morgan fingerprint density at radius 2 is 2.05 bits per heavy atom.